The SMILES string of the molecule is CCNC(=NCC(=O)NCCOC)NCC1CCN(S(=O)(=O)C(F)(F)F)CC1.I. The van der Waals surface area contributed by atoms with E-state index in [1.165, 1.54) is 7.11 Å². The van der Waals surface area contributed by atoms with Gasteiger partial charge in [-0.1, -0.05) is 0 Å². The zero-order valence-electron chi connectivity index (χ0n) is 16.4. The number of sulfonamides is 1. The minimum absolute atomic E-state index is 0. The summed E-state index contributed by atoms with van der Waals surface area (Å²) < 4.78 is 65.9. The summed E-state index contributed by atoms with van der Waals surface area (Å²) in [5.41, 5.74) is -5.27. The van der Waals surface area contributed by atoms with Gasteiger partial charge in [0.15, 0.2) is 5.96 Å². The molecule has 1 heterocycles. The van der Waals surface area contributed by atoms with E-state index in [0.29, 0.717) is 49.3 Å². The lowest BCUT2D eigenvalue weighted by atomic mass is 9.98. The van der Waals surface area contributed by atoms with Crippen molar-refractivity contribution >= 4 is 45.9 Å². The van der Waals surface area contributed by atoms with Gasteiger partial charge < -0.3 is 20.7 Å². The molecule has 0 aromatic heterocycles. The van der Waals surface area contributed by atoms with Crippen molar-refractivity contribution in [3.05, 3.63) is 0 Å². The Kier molecular flexibility index (Phi) is 13.0. The molecular weight excluding hydrogens is 530 g/mol. The zero-order valence-corrected chi connectivity index (χ0v) is 19.6. The van der Waals surface area contributed by atoms with Crippen molar-refractivity contribution in [2.75, 3.05) is 53.0 Å². The molecule has 0 aromatic carbocycles. The van der Waals surface area contributed by atoms with Crippen LogP contribution in [-0.2, 0) is 19.6 Å². The van der Waals surface area contributed by atoms with E-state index >= 15 is 0 Å². The number of methoxy groups -OCH3 is 1. The molecule has 0 spiro atoms. The third kappa shape index (κ3) is 9.65. The van der Waals surface area contributed by atoms with E-state index in [1.807, 2.05) is 6.92 Å². The molecule has 1 aliphatic heterocycles. The standard InChI is InChI=1S/C15H28F3N5O4S.HI/c1-3-19-14(22-11-13(24)20-6-9-27-2)21-10-12-4-7-23(8-5-12)28(25,26)15(16,17)18;/h12H,3-11H2,1-2H3,(H,20,24)(H2,19,21,22);1H. The second kappa shape index (κ2) is 13.4. The van der Waals surface area contributed by atoms with Crippen LogP contribution in [0.1, 0.15) is 19.8 Å². The summed E-state index contributed by atoms with van der Waals surface area (Å²) in [6.45, 7) is 3.19. The highest BCUT2D eigenvalue weighted by atomic mass is 127. The predicted molar refractivity (Wildman–Crippen MR) is 114 cm³/mol. The number of hydrogen-bond acceptors (Lipinski definition) is 5. The molecule has 1 amide bonds. The lowest BCUT2D eigenvalue weighted by molar-refractivity contribution is -0.119. The van der Waals surface area contributed by atoms with E-state index in [1.54, 1.807) is 0 Å². The molecule has 172 valence electrons. The van der Waals surface area contributed by atoms with Crippen LogP contribution < -0.4 is 16.0 Å². The summed E-state index contributed by atoms with van der Waals surface area (Å²) >= 11 is 0. The van der Waals surface area contributed by atoms with Crippen LogP contribution in [0.2, 0.25) is 0 Å². The first-order valence-corrected chi connectivity index (χ1v) is 10.4. The fourth-order valence-corrected chi connectivity index (χ4v) is 3.57. The number of piperidine rings is 1. The number of alkyl halides is 3. The van der Waals surface area contributed by atoms with Crippen molar-refractivity contribution in [2.45, 2.75) is 25.3 Å². The highest BCUT2D eigenvalue weighted by molar-refractivity contribution is 14.0. The maximum absolute atomic E-state index is 12.6. The van der Waals surface area contributed by atoms with E-state index in [4.69, 9.17) is 4.74 Å². The normalized spacial score (nSPS) is 16.8. The Hall–Kier alpha value is -0.870. The van der Waals surface area contributed by atoms with Gasteiger partial charge in [-0.25, -0.2) is 13.4 Å². The van der Waals surface area contributed by atoms with Crippen molar-refractivity contribution < 1.29 is 31.1 Å². The Labute approximate surface area is 186 Å². The first-order chi connectivity index (χ1) is 13.1. The number of carbonyl (C=O) groups is 1. The summed E-state index contributed by atoms with van der Waals surface area (Å²) in [5, 5.41) is 8.65. The van der Waals surface area contributed by atoms with Crippen LogP contribution in [0.15, 0.2) is 4.99 Å². The lowest BCUT2D eigenvalue weighted by Crippen LogP contribution is -2.47. The number of aliphatic imine (C=N–C) groups is 1. The molecule has 0 atom stereocenters. The number of nitrogens with zero attached hydrogens (tertiary/aromatic N) is 2. The third-order valence-electron chi connectivity index (χ3n) is 4.12. The fraction of sp³-hybridized carbons (Fsp3) is 0.867. The van der Waals surface area contributed by atoms with E-state index < -0.39 is 15.5 Å². The molecule has 3 N–H and O–H groups in total. The average Bonchev–Trinajstić information content (AvgIpc) is 2.63. The molecule has 0 aromatic rings. The topological polar surface area (TPSA) is 112 Å². The molecule has 1 aliphatic rings. The highest BCUT2D eigenvalue weighted by Gasteiger charge is 2.50. The van der Waals surface area contributed by atoms with Gasteiger partial charge in [-0.3, -0.25) is 4.79 Å². The first-order valence-electron chi connectivity index (χ1n) is 8.96. The van der Waals surface area contributed by atoms with Crippen LogP contribution in [0.3, 0.4) is 0 Å². The van der Waals surface area contributed by atoms with Gasteiger partial charge in [-0.15, -0.1) is 24.0 Å². The van der Waals surface area contributed by atoms with Crippen molar-refractivity contribution in [2.24, 2.45) is 10.9 Å². The van der Waals surface area contributed by atoms with Crippen molar-refractivity contribution in [3.63, 3.8) is 0 Å². The average molecular weight is 559 g/mol. The molecule has 0 saturated carbocycles. The maximum Gasteiger partial charge on any atom is 0.511 e. The van der Waals surface area contributed by atoms with Gasteiger partial charge in [0.1, 0.15) is 6.54 Å². The molecular formula is C15H29F3IN5O4S. The van der Waals surface area contributed by atoms with Crippen LogP contribution >= 0.6 is 24.0 Å². The van der Waals surface area contributed by atoms with Crippen molar-refractivity contribution in [1.29, 1.82) is 0 Å². The fourth-order valence-electron chi connectivity index (χ4n) is 2.58. The van der Waals surface area contributed by atoms with Crippen LogP contribution in [0.5, 0.6) is 0 Å². The summed E-state index contributed by atoms with van der Waals surface area (Å²) in [7, 11) is -3.74. The van der Waals surface area contributed by atoms with Crippen LogP contribution in [0, 0.1) is 5.92 Å². The number of halogens is 4. The minimum atomic E-state index is -5.27. The monoisotopic (exact) mass is 559 g/mol. The van der Waals surface area contributed by atoms with Crippen molar-refractivity contribution in [1.82, 2.24) is 20.3 Å². The number of rotatable bonds is 9. The number of nitrogens with one attached hydrogen (secondary N) is 3. The number of amides is 1. The van der Waals surface area contributed by atoms with Gasteiger partial charge in [0.25, 0.3) is 0 Å². The Morgan fingerprint density at radius 3 is 2.34 bits per heavy atom. The van der Waals surface area contributed by atoms with Gasteiger partial charge in [0.05, 0.1) is 6.61 Å². The molecule has 1 saturated heterocycles. The van der Waals surface area contributed by atoms with Gasteiger partial charge in [-0.05, 0) is 25.7 Å². The summed E-state index contributed by atoms with van der Waals surface area (Å²) in [5.74, 6) is 0.147. The van der Waals surface area contributed by atoms with E-state index in [9.17, 15) is 26.4 Å². The largest absolute Gasteiger partial charge is 0.511 e. The van der Waals surface area contributed by atoms with E-state index in [2.05, 4.69) is 20.9 Å². The molecule has 0 bridgehead atoms. The summed E-state index contributed by atoms with van der Waals surface area (Å²) in [6.07, 6.45) is 0.610. The number of hydrogen-bond donors (Lipinski definition) is 3. The minimum Gasteiger partial charge on any atom is -0.383 e. The molecule has 14 heteroatoms. The van der Waals surface area contributed by atoms with Gasteiger partial charge in [0, 0.05) is 39.8 Å². The lowest BCUT2D eigenvalue weighted by Gasteiger charge is -2.31. The van der Waals surface area contributed by atoms with Crippen LogP contribution in [-0.4, -0.2) is 83.1 Å². The van der Waals surface area contributed by atoms with Gasteiger partial charge >= 0.3 is 15.5 Å². The van der Waals surface area contributed by atoms with Crippen LogP contribution in [0.4, 0.5) is 13.2 Å². The Bertz CT molecular complexity index is 626. The Balaban J connectivity index is 0.00000784. The molecule has 1 fully saturated rings. The second-order valence-electron chi connectivity index (χ2n) is 6.21. The zero-order chi connectivity index (χ0) is 21.2. The number of guanidine groups is 1. The van der Waals surface area contributed by atoms with Crippen molar-refractivity contribution in [3.8, 4) is 0 Å². The number of carbonyl (C=O) groups excluding carboxylic acids is 1. The number of ether oxygens (including phenoxy) is 1. The quantitative estimate of drug-likeness (QED) is 0.164. The molecule has 1 rings (SSSR count). The molecule has 29 heavy (non-hydrogen) atoms. The second-order valence-corrected chi connectivity index (χ2v) is 8.14. The van der Waals surface area contributed by atoms with Crippen LogP contribution in [0.25, 0.3) is 0 Å². The summed E-state index contributed by atoms with van der Waals surface area (Å²) in [4.78, 5) is 15.8. The Morgan fingerprint density at radius 1 is 1.21 bits per heavy atom. The third-order valence-corrected chi connectivity index (χ3v) is 5.75. The summed E-state index contributed by atoms with van der Waals surface area (Å²) in [6, 6.07) is 0. The van der Waals surface area contributed by atoms with E-state index in [0.717, 1.165) is 0 Å². The highest BCUT2D eigenvalue weighted by Crippen LogP contribution is 2.30. The molecule has 9 nitrogen and oxygen atoms in total. The molecule has 0 unspecified atom stereocenters. The molecule has 0 aliphatic carbocycles. The molecule has 0 radical (unpaired) electrons. The maximum atomic E-state index is 12.6. The Morgan fingerprint density at radius 2 is 1.83 bits per heavy atom. The van der Waals surface area contributed by atoms with Gasteiger partial charge in [-0.2, -0.15) is 17.5 Å². The predicted octanol–water partition coefficient (Wildman–Crippen LogP) is 0.484. The van der Waals surface area contributed by atoms with Gasteiger partial charge in [0.2, 0.25) is 5.91 Å². The smallest absolute Gasteiger partial charge is 0.383 e. The first kappa shape index (κ1) is 28.1. The van der Waals surface area contributed by atoms with E-state index in [-0.39, 0.29) is 55.4 Å².